The first-order valence-electron chi connectivity index (χ1n) is 8.33. The second-order valence-electron chi connectivity index (χ2n) is 6.23. The van der Waals surface area contributed by atoms with Crippen LogP contribution in [0.4, 0.5) is 5.69 Å². The molecule has 1 amide bonds. The summed E-state index contributed by atoms with van der Waals surface area (Å²) in [5.74, 6) is 1.36. The average Bonchev–Trinajstić information content (AvgIpc) is 2.64. The quantitative estimate of drug-likeness (QED) is 0.817. The highest BCUT2D eigenvalue weighted by Crippen LogP contribution is 2.31. The van der Waals surface area contributed by atoms with E-state index in [1.165, 1.54) is 16.0 Å². The van der Waals surface area contributed by atoms with E-state index in [-0.39, 0.29) is 5.91 Å². The molecule has 0 aliphatic carbocycles. The van der Waals surface area contributed by atoms with Crippen LogP contribution in [0.5, 0.6) is 11.5 Å². The Morgan fingerprint density at radius 1 is 1.15 bits per heavy atom. The molecule has 0 fully saturated rings. The number of quaternary nitrogens is 1. The highest BCUT2D eigenvalue weighted by molar-refractivity contribution is 6.43. The molecule has 138 valence electrons. The number of hydrogen-bond donors (Lipinski definition) is 2. The molecule has 2 N–H and O–H groups in total. The molecule has 5 nitrogen and oxygen atoms in total. The van der Waals surface area contributed by atoms with Gasteiger partial charge in [0.2, 0.25) is 0 Å². The van der Waals surface area contributed by atoms with Gasteiger partial charge in [0.25, 0.3) is 5.91 Å². The standard InChI is InChI=1S/C19H20Cl2N2O3/c1-25-16-8-12-6-7-23(10-13(12)9-17(16)26-2)11-18(24)22-15-5-3-4-14(20)19(15)21/h3-5,8-9H,6-7,10-11H2,1-2H3,(H,22,24)/p+1. The maximum atomic E-state index is 12.4. The van der Waals surface area contributed by atoms with E-state index >= 15 is 0 Å². The third kappa shape index (κ3) is 4.06. The molecule has 7 heteroatoms. The molecule has 2 aromatic carbocycles. The fraction of sp³-hybridized carbons (Fsp3) is 0.316. The van der Waals surface area contributed by atoms with E-state index in [9.17, 15) is 4.79 Å². The second kappa shape index (κ2) is 8.16. The molecule has 1 unspecified atom stereocenters. The molecular formula is C19H21Cl2N2O3+. The van der Waals surface area contributed by atoms with Crippen molar-refractivity contribution in [2.75, 3.05) is 32.6 Å². The summed E-state index contributed by atoms with van der Waals surface area (Å²) in [5, 5.41) is 3.62. The van der Waals surface area contributed by atoms with Gasteiger partial charge in [0.15, 0.2) is 18.0 Å². The Bertz CT molecular complexity index is 827. The number of amides is 1. The molecule has 0 radical (unpaired) electrons. The number of methoxy groups -OCH3 is 2. The van der Waals surface area contributed by atoms with Crippen molar-refractivity contribution < 1.29 is 19.2 Å². The lowest BCUT2D eigenvalue weighted by Gasteiger charge is -2.26. The molecule has 1 atom stereocenters. The zero-order chi connectivity index (χ0) is 18.7. The van der Waals surface area contributed by atoms with E-state index < -0.39 is 0 Å². The highest BCUT2D eigenvalue weighted by atomic mass is 35.5. The van der Waals surface area contributed by atoms with E-state index in [2.05, 4.69) is 5.32 Å². The summed E-state index contributed by atoms with van der Waals surface area (Å²) >= 11 is 12.1. The number of carbonyl (C=O) groups is 1. The summed E-state index contributed by atoms with van der Waals surface area (Å²) in [4.78, 5) is 13.6. The van der Waals surface area contributed by atoms with Crippen LogP contribution in [0.3, 0.4) is 0 Å². The third-order valence-corrected chi connectivity index (χ3v) is 5.35. The monoisotopic (exact) mass is 395 g/mol. The zero-order valence-corrected chi connectivity index (χ0v) is 16.2. The van der Waals surface area contributed by atoms with Gasteiger partial charge in [-0.1, -0.05) is 29.3 Å². The Balaban J connectivity index is 1.67. The fourth-order valence-corrected chi connectivity index (χ4v) is 3.55. The van der Waals surface area contributed by atoms with Crippen molar-refractivity contribution in [3.63, 3.8) is 0 Å². The Hall–Kier alpha value is -1.95. The molecule has 0 saturated heterocycles. The summed E-state index contributed by atoms with van der Waals surface area (Å²) in [6.07, 6.45) is 0.885. The van der Waals surface area contributed by atoms with Gasteiger partial charge in [0.05, 0.1) is 36.5 Å². The van der Waals surface area contributed by atoms with Crippen LogP contribution in [-0.2, 0) is 17.8 Å². The first-order valence-corrected chi connectivity index (χ1v) is 9.08. The summed E-state index contributed by atoms with van der Waals surface area (Å²) in [6, 6.07) is 9.21. The van der Waals surface area contributed by atoms with Crippen molar-refractivity contribution in [1.82, 2.24) is 0 Å². The molecule has 0 saturated carbocycles. The fourth-order valence-electron chi connectivity index (χ4n) is 3.20. The maximum Gasteiger partial charge on any atom is 0.279 e. The minimum absolute atomic E-state index is 0.0897. The average molecular weight is 396 g/mol. The van der Waals surface area contributed by atoms with Gasteiger partial charge in [-0.3, -0.25) is 4.79 Å². The van der Waals surface area contributed by atoms with E-state index in [0.717, 1.165) is 25.3 Å². The van der Waals surface area contributed by atoms with Crippen LogP contribution in [0, 0.1) is 0 Å². The van der Waals surface area contributed by atoms with Crippen LogP contribution in [0.25, 0.3) is 0 Å². The molecule has 1 aliphatic heterocycles. The maximum absolute atomic E-state index is 12.4. The van der Waals surface area contributed by atoms with Gasteiger partial charge >= 0.3 is 0 Å². The molecule has 2 aromatic rings. The van der Waals surface area contributed by atoms with Crippen LogP contribution in [0.1, 0.15) is 11.1 Å². The van der Waals surface area contributed by atoms with Gasteiger partial charge in [0, 0.05) is 12.0 Å². The van der Waals surface area contributed by atoms with Crippen molar-refractivity contribution >= 4 is 34.8 Å². The molecule has 0 aromatic heterocycles. The van der Waals surface area contributed by atoms with Gasteiger partial charge in [-0.05, 0) is 29.8 Å². The number of halogens is 2. The van der Waals surface area contributed by atoms with Crippen LogP contribution < -0.4 is 19.7 Å². The smallest absolute Gasteiger partial charge is 0.279 e. The molecule has 26 heavy (non-hydrogen) atoms. The first-order chi connectivity index (χ1) is 12.5. The number of anilines is 1. The van der Waals surface area contributed by atoms with Crippen molar-refractivity contribution in [3.05, 3.63) is 51.5 Å². The second-order valence-corrected chi connectivity index (χ2v) is 7.01. The predicted octanol–water partition coefficient (Wildman–Crippen LogP) is 2.59. The third-order valence-electron chi connectivity index (χ3n) is 4.53. The predicted molar refractivity (Wildman–Crippen MR) is 103 cm³/mol. The highest BCUT2D eigenvalue weighted by Gasteiger charge is 2.24. The first kappa shape index (κ1) is 18.8. The van der Waals surface area contributed by atoms with E-state index in [4.69, 9.17) is 32.7 Å². The number of ether oxygens (including phenoxy) is 2. The summed E-state index contributed by atoms with van der Waals surface area (Å²) in [6.45, 7) is 1.99. The summed E-state index contributed by atoms with van der Waals surface area (Å²) in [5.41, 5.74) is 2.95. The lowest BCUT2D eigenvalue weighted by Crippen LogP contribution is -3.12. The molecule has 3 rings (SSSR count). The van der Waals surface area contributed by atoms with Crippen molar-refractivity contribution in [1.29, 1.82) is 0 Å². The minimum Gasteiger partial charge on any atom is -0.493 e. The van der Waals surface area contributed by atoms with Crippen LogP contribution in [-0.4, -0.2) is 33.2 Å². The summed E-state index contributed by atoms with van der Waals surface area (Å²) < 4.78 is 10.7. The van der Waals surface area contributed by atoms with E-state index in [1.54, 1.807) is 32.4 Å². The number of hydrogen-bond acceptors (Lipinski definition) is 3. The van der Waals surface area contributed by atoms with Crippen LogP contribution >= 0.6 is 23.2 Å². The van der Waals surface area contributed by atoms with Gasteiger partial charge in [-0.15, -0.1) is 0 Å². The van der Waals surface area contributed by atoms with Crippen molar-refractivity contribution in [3.8, 4) is 11.5 Å². The Kier molecular flexibility index (Phi) is 5.91. The van der Waals surface area contributed by atoms with Crippen LogP contribution in [0.2, 0.25) is 10.0 Å². The Labute approximate surface area is 162 Å². The number of fused-ring (bicyclic) bond motifs is 1. The lowest BCUT2D eigenvalue weighted by molar-refractivity contribution is -0.907. The molecule has 1 aliphatic rings. The number of carbonyl (C=O) groups excluding carboxylic acids is 1. The van der Waals surface area contributed by atoms with Crippen LogP contribution in [0.15, 0.2) is 30.3 Å². The van der Waals surface area contributed by atoms with Gasteiger partial charge < -0.3 is 19.7 Å². The van der Waals surface area contributed by atoms with E-state index in [0.29, 0.717) is 28.0 Å². The van der Waals surface area contributed by atoms with Gasteiger partial charge in [0.1, 0.15) is 6.54 Å². The zero-order valence-electron chi connectivity index (χ0n) is 14.7. The summed E-state index contributed by atoms with van der Waals surface area (Å²) in [7, 11) is 3.26. The van der Waals surface area contributed by atoms with Crippen molar-refractivity contribution in [2.24, 2.45) is 0 Å². The topological polar surface area (TPSA) is 52.0 Å². The van der Waals surface area contributed by atoms with Crippen molar-refractivity contribution in [2.45, 2.75) is 13.0 Å². The molecule has 0 bridgehead atoms. The normalized spacial score (nSPS) is 15.9. The molecule has 1 heterocycles. The Morgan fingerprint density at radius 3 is 2.54 bits per heavy atom. The molecule has 0 spiro atoms. The SMILES string of the molecule is COc1cc2c(cc1OC)C[NH+](CC(=O)Nc1cccc(Cl)c1Cl)CC2. The largest absolute Gasteiger partial charge is 0.493 e. The van der Waals surface area contributed by atoms with Gasteiger partial charge in [-0.25, -0.2) is 0 Å². The number of nitrogens with one attached hydrogen (secondary N) is 2. The van der Waals surface area contributed by atoms with E-state index in [1.807, 2.05) is 12.1 Å². The van der Waals surface area contributed by atoms with Gasteiger partial charge in [-0.2, -0.15) is 0 Å². The Morgan fingerprint density at radius 2 is 1.85 bits per heavy atom. The lowest BCUT2D eigenvalue weighted by atomic mass is 9.99. The minimum atomic E-state index is -0.0897. The molecular weight excluding hydrogens is 375 g/mol. The number of benzene rings is 2. The number of rotatable bonds is 5.